The van der Waals surface area contributed by atoms with Crippen LogP contribution < -0.4 is 0 Å². The third kappa shape index (κ3) is 3.49. The number of para-hydroxylation sites is 2. The van der Waals surface area contributed by atoms with Crippen molar-refractivity contribution in [2.75, 3.05) is 5.75 Å². The number of rotatable bonds is 5. The minimum Gasteiger partial charge on any atom is -0.461 e. The van der Waals surface area contributed by atoms with Gasteiger partial charge >= 0.3 is 0 Å². The van der Waals surface area contributed by atoms with Crippen LogP contribution >= 0.6 is 11.8 Å². The van der Waals surface area contributed by atoms with Gasteiger partial charge in [-0.2, -0.15) is 0 Å². The molecule has 0 unspecified atom stereocenters. The number of thioether (sulfide) groups is 1. The second-order valence-electron chi connectivity index (χ2n) is 8.12. The minimum atomic E-state index is 0.0708. The highest BCUT2D eigenvalue weighted by Crippen LogP contribution is 2.33. The van der Waals surface area contributed by atoms with E-state index in [2.05, 4.69) is 28.4 Å². The number of aromatic nitrogens is 4. The molecule has 0 bridgehead atoms. The van der Waals surface area contributed by atoms with Crippen LogP contribution in [0.1, 0.15) is 28.9 Å². The van der Waals surface area contributed by atoms with Crippen molar-refractivity contribution in [3.63, 3.8) is 0 Å². The van der Waals surface area contributed by atoms with E-state index < -0.39 is 0 Å². The van der Waals surface area contributed by atoms with Crippen LogP contribution in [-0.2, 0) is 12.8 Å². The fraction of sp³-hybridized carbons (Fsp3) is 0.192. The van der Waals surface area contributed by atoms with Gasteiger partial charge in [0.1, 0.15) is 0 Å². The zero-order valence-electron chi connectivity index (χ0n) is 18.0. The molecule has 3 heterocycles. The van der Waals surface area contributed by atoms with Crippen LogP contribution in [0.3, 0.4) is 0 Å². The van der Waals surface area contributed by atoms with E-state index in [0.717, 1.165) is 30.5 Å². The number of carbonyl (C=O) groups excluding carboxylic acids is 1. The van der Waals surface area contributed by atoms with Crippen molar-refractivity contribution in [1.82, 2.24) is 19.3 Å². The van der Waals surface area contributed by atoms with Crippen LogP contribution in [0.4, 0.5) is 0 Å². The maximum Gasteiger partial charge on any atom is 0.241 e. The molecule has 0 saturated carbocycles. The van der Waals surface area contributed by atoms with Crippen LogP contribution in [0.5, 0.6) is 0 Å². The number of carbonyl (C=O) groups is 1. The Balaban J connectivity index is 1.35. The molecule has 0 saturated heterocycles. The first-order valence-corrected chi connectivity index (χ1v) is 12.1. The van der Waals surface area contributed by atoms with Crippen molar-refractivity contribution in [1.29, 1.82) is 0 Å². The summed E-state index contributed by atoms with van der Waals surface area (Å²) in [5, 5.41) is 10.6. The van der Waals surface area contributed by atoms with Gasteiger partial charge < -0.3 is 4.42 Å². The normalized spacial score (nSPS) is 13.3. The molecule has 6 rings (SSSR count). The van der Waals surface area contributed by atoms with E-state index in [1.807, 2.05) is 57.7 Å². The smallest absolute Gasteiger partial charge is 0.241 e. The van der Waals surface area contributed by atoms with Crippen molar-refractivity contribution in [2.45, 2.75) is 30.8 Å². The molecule has 3 aromatic heterocycles. The monoisotopic (exact) mass is 454 g/mol. The minimum absolute atomic E-state index is 0.0708. The molecule has 1 aliphatic carbocycles. The zero-order valence-corrected chi connectivity index (χ0v) is 18.8. The van der Waals surface area contributed by atoms with E-state index in [-0.39, 0.29) is 11.7 Å². The van der Waals surface area contributed by atoms with Gasteiger partial charge in [0.05, 0.1) is 17.5 Å². The number of aryl methyl sites for hydroxylation is 1. The fourth-order valence-electron chi connectivity index (χ4n) is 4.71. The number of hydrogen-bond donors (Lipinski definition) is 0. The molecule has 33 heavy (non-hydrogen) atoms. The molecule has 0 aliphatic heterocycles. The van der Waals surface area contributed by atoms with E-state index in [9.17, 15) is 4.79 Å². The number of hydrogen-bond acceptors (Lipinski definition) is 5. The highest BCUT2D eigenvalue weighted by molar-refractivity contribution is 7.99. The lowest BCUT2D eigenvalue weighted by atomic mass is 9.96. The first-order chi connectivity index (χ1) is 16.3. The first kappa shape index (κ1) is 20.1. The van der Waals surface area contributed by atoms with Crippen LogP contribution in [0, 0.1) is 0 Å². The molecule has 0 fully saturated rings. The average molecular weight is 455 g/mol. The highest BCUT2D eigenvalue weighted by atomic mass is 32.2. The largest absolute Gasteiger partial charge is 0.461 e. The van der Waals surface area contributed by atoms with E-state index in [4.69, 9.17) is 4.42 Å². The van der Waals surface area contributed by atoms with E-state index in [0.29, 0.717) is 16.7 Å². The van der Waals surface area contributed by atoms with E-state index >= 15 is 0 Å². The topological polar surface area (TPSA) is 65.8 Å². The second kappa shape index (κ2) is 8.41. The zero-order chi connectivity index (χ0) is 22.2. The molecule has 6 nitrogen and oxygen atoms in total. The standard InChI is InChI=1S/C26H22N4O2S/c31-24(30-21-13-6-4-11-19(21)20-12-5-7-14-22(20)30)17-33-26-28-27-25(23-15-8-16-32-23)29(26)18-9-2-1-3-10-18/h1-4,6,8-11,13,15-16H,5,7,12,14,17H2. The fourth-order valence-corrected chi connectivity index (χ4v) is 5.51. The molecule has 0 spiro atoms. The molecule has 164 valence electrons. The number of nitrogens with zero attached hydrogens (tertiary/aromatic N) is 4. The predicted octanol–water partition coefficient (Wildman–Crippen LogP) is 5.79. The maximum atomic E-state index is 13.5. The van der Waals surface area contributed by atoms with E-state index in [1.54, 1.807) is 6.26 Å². The summed E-state index contributed by atoms with van der Waals surface area (Å²) in [6, 6.07) is 21.9. The molecular formula is C26H22N4O2S. The summed E-state index contributed by atoms with van der Waals surface area (Å²) in [5.74, 6) is 1.59. The van der Waals surface area contributed by atoms with Crippen LogP contribution in [-0.4, -0.2) is 31.0 Å². The Kier molecular flexibility index (Phi) is 5.11. The van der Waals surface area contributed by atoms with Crippen LogP contribution in [0.25, 0.3) is 28.2 Å². The SMILES string of the molecule is O=C(CSc1nnc(-c2ccco2)n1-c1ccccc1)n1c2c(c3ccccc31)CCCC2. The third-order valence-electron chi connectivity index (χ3n) is 6.14. The molecule has 1 aliphatic rings. The van der Waals surface area contributed by atoms with Crippen molar-refractivity contribution in [3.05, 3.63) is 84.3 Å². The van der Waals surface area contributed by atoms with Gasteiger partial charge in [-0.25, -0.2) is 0 Å². The van der Waals surface area contributed by atoms with Crippen molar-refractivity contribution in [3.8, 4) is 17.3 Å². The van der Waals surface area contributed by atoms with E-state index in [1.165, 1.54) is 34.8 Å². The summed E-state index contributed by atoms with van der Waals surface area (Å²) in [5.41, 5.74) is 4.44. The number of benzene rings is 2. The molecule has 0 radical (unpaired) electrons. The van der Waals surface area contributed by atoms with Crippen molar-refractivity contribution >= 4 is 28.6 Å². The van der Waals surface area contributed by atoms with Crippen LogP contribution in [0.15, 0.2) is 82.6 Å². The summed E-state index contributed by atoms with van der Waals surface area (Å²) in [6.07, 6.45) is 5.91. The van der Waals surface area contributed by atoms with Gasteiger partial charge in [0.2, 0.25) is 11.7 Å². The summed E-state index contributed by atoms with van der Waals surface area (Å²) < 4.78 is 9.47. The van der Waals surface area contributed by atoms with Crippen LogP contribution in [0.2, 0.25) is 0 Å². The Morgan fingerprint density at radius 1 is 0.939 bits per heavy atom. The lowest BCUT2D eigenvalue weighted by molar-refractivity contribution is 0.0943. The third-order valence-corrected chi connectivity index (χ3v) is 7.06. The molecule has 5 aromatic rings. The lowest BCUT2D eigenvalue weighted by Crippen LogP contribution is -2.18. The average Bonchev–Trinajstić information content (AvgIpc) is 3.60. The Morgan fingerprint density at radius 2 is 1.76 bits per heavy atom. The van der Waals surface area contributed by atoms with Crippen molar-refractivity contribution in [2.24, 2.45) is 0 Å². The Morgan fingerprint density at radius 3 is 2.61 bits per heavy atom. The predicted molar refractivity (Wildman–Crippen MR) is 129 cm³/mol. The summed E-state index contributed by atoms with van der Waals surface area (Å²) in [6.45, 7) is 0. The number of fused-ring (bicyclic) bond motifs is 3. The second-order valence-corrected chi connectivity index (χ2v) is 9.06. The summed E-state index contributed by atoms with van der Waals surface area (Å²) >= 11 is 1.40. The van der Waals surface area contributed by atoms with Gasteiger partial charge in [-0.1, -0.05) is 48.2 Å². The highest BCUT2D eigenvalue weighted by Gasteiger charge is 2.24. The molecule has 0 amide bonds. The lowest BCUT2D eigenvalue weighted by Gasteiger charge is -2.15. The Hall–Kier alpha value is -3.58. The maximum absolute atomic E-state index is 13.5. The molecule has 2 aromatic carbocycles. The van der Waals surface area contributed by atoms with Gasteiger partial charge in [0.25, 0.3) is 0 Å². The van der Waals surface area contributed by atoms with Gasteiger partial charge in [-0.05, 0) is 61.6 Å². The van der Waals surface area contributed by atoms with Gasteiger partial charge in [0.15, 0.2) is 10.9 Å². The molecular weight excluding hydrogens is 432 g/mol. The molecule has 0 N–H and O–H groups in total. The Labute approximate surface area is 195 Å². The number of furan rings is 1. The Bertz CT molecular complexity index is 1430. The van der Waals surface area contributed by atoms with Gasteiger partial charge in [-0.3, -0.25) is 13.9 Å². The molecule has 0 atom stereocenters. The first-order valence-electron chi connectivity index (χ1n) is 11.1. The van der Waals surface area contributed by atoms with Gasteiger partial charge in [0, 0.05) is 16.8 Å². The van der Waals surface area contributed by atoms with Gasteiger partial charge in [-0.15, -0.1) is 10.2 Å². The summed E-state index contributed by atoms with van der Waals surface area (Å²) in [7, 11) is 0. The summed E-state index contributed by atoms with van der Waals surface area (Å²) in [4.78, 5) is 13.5. The molecule has 7 heteroatoms. The quantitative estimate of drug-likeness (QED) is 0.314. The van der Waals surface area contributed by atoms with Crippen molar-refractivity contribution < 1.29 is 9.21 Å².